The van der Waals surface area contributed by atoms with Crippen molar-refractivity contribution in [3.63, 3.8) is 0 Å². The molecule has 0 radical (unpaired) electrons. The Morgan fingerprint density at radius 3 is 2.45 bits per heavy atom. The molecule has 0 saturated carbocycles. The summed E-state index contributed by atoms with van der Waals surface area (Å²) in [6.45, 7) is 10.4. The second-order valence-electron chi connectivity index (χ2n) is 5.21. The maximum atomic E-state index is 6.71. The second kappa shape index (κ2) is 5.86. The smallest absolute Gasteiger partial charge is 0.0683 e. The van der Waals surface area contributed by atoms with Gasteiger partial charge in [-0.15, -0.1) is 0 Å². The number of allylic oxidation sites excluding steroid dienone is 1. The third-order valence-electron chi connectivity index (χ3n) is 3.98. The third-order valence-corrected chi connectivity index (χ3v) is 4.41. The summed E-state index contributed by atoms with van der Waals surface area (Å²) in [4.78, 5) is 2.15. The zero-order valence-corrected chi connectivity index (χ0v) is 13.4. The molecular weight excluding hydrogens is 290 g/mol. The Morgan fingerprint density at radius 2 is 1.82 bits per heavy atom. The van der Waals surface area contributed by atoms with Crippen LogP contribution in [0.2, 0.25) is 0 Å². The normalized spacial score (nSPS) is 14.1. The molecule has 110 valence electrons. The minimum absolute atomic E-state index is 0.789. The van der Waals surface area contributed by atoms with Crippen molar-refractivity contribution in [2.24, 2.45) is 0 Å². The highest BCUT2D eigenvalue weighted by Gasteiger charge is 2.28. The van der Waals surface area contributed by atoms with Gasteiger partial charge in [-0.1, -0.05) is 74.2 Å². The minimum Gasteiger partial charge on any atom is -0.313 e. The highest BCUT2D eigenvalue weighted by atomic mass is 35.5. The van der Waals surface area contributed by atoms with E-state index in [1.165, 1.54) is 0 Å². The summed E-state index contributed by atoms with van der Waals surface area (Å²) < 4.78 is 0. The van der Waals surface area contributed by atoms with Crippen molar-refractivity contribution in [2.75, 3.05) is 4.90 Å². The van der Waals surface area contributed by atoms with Crippen LogP contribution in [0.15, 0.2) is 67.4 Å². The predicted molar refractivity (Wildman–Crippen MR) is 97.6 cm³/mol. The molecule has 2 aromatic rings. The second-order valence-corrected chi connectivity index (χ2v) is 5.58. The highest BCUT2D eigenvalue weighted by Crippen LogP contribution is 2.44. The van der Waals surface area contributed by atoms with Crippen LogP contribution in [-0.2, 0) is 0 Å². The van der Waals surface area contributed by atoms with E-state index in [1.54, 1.807) is 0 Å². The fourth-order valence-electron chi connectivity index (χ4n) is 2.98. The van der Waals surface area contributed by atoms with E-state index in [-0.39, 0.29) is 0 Å². The molecule has 0 aliphatic carbocycles. The van der Waals surface area contributed by atoms with Gasteiger partial charge >= 0.3 is 0 Å². The summed E-state index contributed by atoms with van der Waals surface area (Å²) in [6.07, 6.45) is 2.69. The van der Waals surface area contributed by atoms with Gasteiger partial charge in [0.1, 0.15) is 0 Å². The van der Waals surface area contributed by atoms with Crippen LogP contribution in [0.3, 0.4) is 0 Å². The lowest BCUT2D eigenvalue weighted by Gasteiger charge is -2.35. The van der Waals surface area contributed by atoms with Crippen LogP contribution in [0, 0.1) is 0 Å². The number of para-hydroxylation sites is 1. The van der Waals surface area contributed by atoms with Gasteiger partial charge in [0.15, 0.2) is 0 Å². The molecule has 1 nitrogen and oxygen atoms in total. The van der Waals surface area contributed by atoms with Crippen LogP contribution in [0.25, 0.3) is 16.8 Å². The number of anilines is 1. The number of fused-ring (bicyclic) bond motifs is 1. The van der Waals surface area contributed by atoms with Gasteiger partial charge in [-0.2, -0.15) is 0 Å². The molecule has 1 heterocycles. The number of benzene rings is 2. The van der Waals surface area contributed by atoms with E-state index in [0.29, 0.717) is 0 Å². The predicted octanol–water partition coefficient (Wildman–Crippen LogP) is 6.14. The first-order chi connectivity index (χ1) is 10.7. The SMILES string of the molecule is C=Cc1cccc2c1C(=C)N(c1ccccc1)C(CC)=C2Cl. The van der Waals surface area contributed by atoms with Gasteiger partial charge in [-0.25, -0.2) is 0 Å². The fourth-order valence-corrected chi connectivity index (χ4v) is 3.35. The summed E-state index contributed by atoms with van der Waals surface area (Å²) >= 11 is 6.71. The molecule has 0 amide bonds. The van der Waals surface area contributed by atoms with Crippen LogP contribution >= 0.6 is 11.6 Å². The van der Waals surface area contributed by atoms with Gasteiger partial charge in [-0.3, -0.25) is 0 Å². The quantitative estimate of drug-likeness (QED) is 0.658. The van der Waals surface area contributed by atoms with Crippen molar-refractivity contribution in [1.29, 1.82) is 0 Å². The molecule has 0 bridgehead atoms. The van der Waals surface area contributed by atoms with E-state index < -0.39 is 0 Å². The third kappa shape index (κ3) is 2.18. The van der Waals surface area contributed by atoms with Crippen LogP contribution in [0.4, 0.5) is 5.69 Å². The van der Waals surface area contributed by atoms with Crippen LogP contribution in [0.1, 0.15) is 30.0 Å². The Kier molecular flexibility index (Phi) is 3.91. The van der Waals surface area contributed by atoms with Gasteiger partial charge < -0.3 is 4.90 Å². The lowest BCUT2D eigenvalue weighted by molar-refractivity contribution is 1.02. The topological polar surface area (TPSA) is 3.24 Å². The standard InChI is InChI=1S/C20H18ClN/c1-4-15-10-9-13-17-19(15)14(3)22(18(5-2)20(17)21)16-11-7-6-8-12-16/h4,6-13H,1,3,5H2,2H3. The first-order valence-corrected chi connectivity index (χ1v) is 7.75. The van der Waals surface area contributed by atoms with Gasteiger partial charge in [0, 0.05) is 28.2 Å². The van der Waals surface area contributed by atoms with Crippen LogP contribution in [0.5, 0.6) is 0 Å². The minimum atomic E-state index is 0.789. The van der Waals surface area contributed by atoms with E-state index in [1.807, 2.05) is 42.5 Å². The maximum Gasteiger partial charge on any atom is 0.0683 e. The monoisotopic (exact) mass is 307 g/mol. The van der Waals surface area contributed by atoms with E-state index in [4.69, 9.17) is 11.6 Å². The van der Waals surface area contributed by atoms with Gasteiger partial charge in [0.25, 0.3) is 0 Å². The largest absolute Gasteiger partial charge is 0.313 e. The van der Waals surface area contributed by atoms with Gasteiger partial charge in [-0.05, 0) is 24.1 Å². The summed E-state index contributed by atoms with van der Waals surface area (Å²) in [5.74, 6) is 0. The summed E-state index contributed by atoms with van der Waals surface area (Å²) in [7, 11) is 0. The van der Waals surface area contributed by atoms with Gasteiger partial charge in [0.05, 0.1) is 5.03 Å². The molecule has 0 spiro atoms. The molecule has 2 heteroatoms. The zero-order chi connectivity index (χ0) is 15.7. The average Bonchev–Trinajstić information content (AvgIpc) is 2.57. The summed E-state index contributed by atoms with van der Waals surface area (Å²) in [6, 6.07) is 16.3. The van der Waals surface area contributed by atoms with E-state index in [9.17, 15) is 0 Å². The molecule has 1 aliphatic heterocycles. The van der Waals surface area contributed by atoms with Crippen molar-refractivity contribution in [3.05, 3.63) is 84.1 Å². The Labute approximate surface area is 136 Å². The number of hydrogen-bond acceptors (Lipinski definition) is 1. The number of rotatable bonds is 3. The molecule has 0 atom stereocenters. The lowest BCUT2D eigenvalue weighted by Crippen LogP contribution is -2.25. The maximum absolute atomic E-state index is 6.71. The van der Waals surface area contributed by atoms with Crippen molar-refractivity contribution < 1.29 is 0 Å². The van der Waals surface area contributed by atoms with Gasteiger partial charge in [0.2, 0.25) is 0 Å². The number of halogens is 1. The summed E-state index contributed by atoms with van der Waals surface area (Å²) in [5, 5.41) is 0.789. The Morgan fingerprint density at radius 1 is 1.09 bits per heavy atom. The number of hydrogen-bond donors (Lipinski definition) is 0. The molecular formula is C20H18ClN. The van der Waals surface area contributed by atoms with Crippen molar-refractivity contribution in [2.45, 2.75) is 13.3 Å². The van der Waals surface area contributed by atoms with Crippen LogP contribution < -0.4 is 4.90 Å². The van der Waals surface area contributed by atoms with E-state index in [2.05, 4.69) is 37.1 Å². The first-order valence-electron chi connectivity index (χ1n) is 7.38. The van der Waals surface area contributed by atoms with Crippen LogP contribution in [-0.4, -0.2) is 0 Å². The fraction of sp³-hybridized carbons (Fsp3) is 0.100. The molecule has 0 N–H and O–H groups in total. The Balaban J connectivity index is 2.29. The molecule has 0 fully saturated rings. The molecule has 0 aromatic heterocycles. The summed E-state index contributed by atoms with van der Waals surface area (Å²) in [5.41, 5.74) is 6.24. The molecule has 0 unspecified atom stereocenters. The molecule has 3 rings (SSSR count). The zero-order valence-electron chi connectivity index (χ0n) is 12.6. The number of nitrogens with zero attached hydrogens (tertiary/aromatic N) is 1. The lowest BCUT2D eigenvalue weighted by atomic mass is 9.92. The van der Waals surface area contributed by atoms with Crippen molar-refractivity contribution in [3.8, 4) is 0 Å². The molecule has 2 aromatic carbocycles. The van der Waals surface area contributed by atoms with E-state index >= 15 is 0 Å². The molecule has 0 saturated heterocycles. The average molecular weight is 308 g/mol. The molecule has 1 aliphatic rings. The molecule has 22 heavy (non-hydrogen) atoms. The Bertz CT molecular complexity index is 772. The Hall–Kier alpha value is -2.25. The van der Waals surface area contributed by atoms with Crippen molar-refractivity contribution >= 4 is 34.1 Å². The highest BCUT2D eigenvalue weighted by molar-refractivity contribution is 6.50. The van der Waals surface area contributed by atoms with E-state index in [0.717, 1.165) is 45.2 Å². The van der Waals surface area contributed by atoms with Crippen molar-refractivity contribution in [1.82, 2.24) is 0 Å². The first kappa shape index (κ1) is 14.7.